The Kier molecular flexibility index (Phi) is 9.71. The molecule has 2 atom stereocenters. The molecule has 0 radical (unpaired) electrons. The van der Waals surface area contributed by atoms with Crippen molar-refractivity contribution in [2.75, 3.05) is 44.6 Å². The summed E-state index contributed by atoms with van der Waals surface area (Å²) in [6.45, 7) is 6.57. The average molecular weight is 707 g/mol. The van der Waals surface area contributed by atoms with Gasteiger partial charge < -0.3 is 35.0 Å². The third-order valence-electron chi connectivity index (χ3n) is 11.9. The lowest BCUT2D eigenvalue weighted by atomic mass is 9.85. The summed E-state index contributed by atoms with van der Waals surface area (Å²) in [5.74, 6) is 1.66. The van der Waals surface area contributed by atoms with Gasteiger partial charge in [0.1, 0.15) is 24.4 Å². The van der Waals surface area contributed by atoms with Crippen molar-refractivity contribution in [2.24, 2.45) is 13.0 Å². The van der Waals surface area contributed by atoms with Gasteiger partial charge in [0, 0.05) is 62.7 Å². The van der Waals surface area contributed by atoms with Crippen LogP contribution in [0, 0.1) is 12.8 Å². The number of carbonyl (C=O) groups excluding carboxylic acids is 2. The lowest BCUT2D eigenvalue weighted by molar-refractivity contribution is -0.135. The van der Waals surface area contributed by atoms with Crippen molar-refractivity contribution in [2.45, 2.75) is 76.1 Å². The second-order valence-electron chi connectivity index (χ2n) is 15.2. The van der Waals surface area contributed by atoms with Crippen molar-refractivity contribution >= 4 is 34.6 Å². The number of aryl methyl sites for hydroxylation is 2. The molecule has 13 heteroatoms. The van der Waals surface area contributed by atoms with Gasteiger partial charge in [0.15, 0.2) is 0 Å². The van der Waals surface area contributed by atoms with Crippen molar-refractivity contribution in [1.29, 1.82) is 0 Å². The number of rotatable bonds is 7. The molecule has 4 aliphatic rings. The van der Waals surface area contributed by atoms with Crippen LogP contribution in [0.25, 0.3) is 17.0 Å². The number of H-pyrrole nitrogens is 1. The number of aromatic nitrogens is 5. The van der Waals surface area contributed by atoms with Gasteiger partial charge in [-0.05, 0) is 105 Å². The molecule has 52 heavy (non-hydrogen) atoms. The van der Waals surface area contributed by atoms with Gasteiger partial charge in [-0.15, -0.1) is 10.2 Å². The predicted octanol–water partition coefficient (Wildman–Crippen LogP) is 4.03. The summed E-state index contributed by atoms with van der Waals surface area (Å²) in [5.41, 5.74) is 6.00. The molecule has 0 saturated carbocycles. The van der Waals surface area contributed by atoms with Crippen LogP contribution in [0.1, 0.15) is 67.0 Å². The number of carbonyl (C=O) groups is 2. The van der Waals surface area contributed by atoms with Gasteiger partial charge in [0.2, 0.25) is 5.91 Å². The molecule has 4 aromatic rings. The number of hydrogen-bond acceptors (Lipinski definition) is 8. The van der Waals surface area contributed by atoms with Crippen LogP contribution in [0.2, 0.25) is 0 Å². The summed E-state index contributed by atoms with van der Waals surface area (Å²) in [6, 6.07) is 11.7. The Balaban J connectivity index is 0.909. The topological polar surface area (TPSA) is 148 Å². The molecule has 6 heterocycles. The fourth-order valence-electron chi connectivity index (χ4n) is 8.96. The first-order chi connectivity index (χ1) is 25.3. The van der Waals surface area contributed by atoms with Crippen LogP contribution in [-0.4, -0.2) is 114 Å². The predicted molar refractivity (Wildman–Crippen MR) is 199 cm³/mol. The lowest BCUT2D eigenvalue weighted by Crippen LogP contribution is -2.56. The van der Waals surface area contributed by atoms with E-state index in [1.165, 1.54) is 0 Å². The van der Waals surface area contributed by atoms with E-state index in [4.69, 9.17) is 0 Å². The van der Waals surface area contributed by atoms with Crippen LogP contribution >= 0.6 is 0 Å². The standard InChI is InChI=1S/C39H50N10O3/c1-25-19-26(20-30-23-40-44-35(25)30)21-34(38(51)48-17-11-31(12-18-48)47-13-9-28(10-14-47)36-45-41-24-46(36)2)43-39(52)49-15-7-27(8-16-49)32-22-29-5-3-4-6-33(29)42-37(32)50/h3-6,19-20,22-24,27-28,31,34,37,42,50H,7-18,21H2,1-2H3,(H,40,44)(H,43,52). The van der Waals surface area contributed by atoms with Crippen LogP contribution in [0.4, 0.5) is 10.5 Å². The zero-order valence-corrected chi connectivity index (χ0v) is 30.2. The molecule has 4 N–H and O–H groups in total. The van der Waals surface area contributed by atoms with Crippen molar-refractivity contribution < 1.29 is 14.7 Å². The summed E-state index contributed by atoms with van der Waals surface area (Å²) in [5, 5.41) is 34.0. The Morgan fingerprint density at radius 1 is 0.962 bits per heavy atom. The molecule has 0 spiro atoms. The highest BCUT2D eigenvalue weighted by Gasteiger charge is 2.36. The largest absolute Gasteiger partial charge is 0.370 e. The minimum Gasteiger partial charge on any atom is -0.370 e. The third-order valence-corrected chi connectivity index (χ3v) is 11.9. The van der Waals surface area contributed by atoms with Gasteiger partial charge in [0.05, 0.1) is 11.7 Å². The summed E-state index contributed by atoms with van der Waals surface area (Å²) < 4.78 is 2.04. The number of para-hydroxylation sites is 1. The first-order valence-electron chi connectivity index (χ1n) is 18.9. The van der Waals surface area contributed by atoms with E-state index in [0.29, 0.717) is 44.6 Å². The van der Waals surface area contributed by atoms with E-state index in [-0.39, 0.29) is 17.9 Å². The molecule has 2 aromatic carbocycles. The van der Waals surface area contributed by atoms with Gasteiger partial charge in [-0.25, -0.2) is 4.79 Å². The number of aliphatic hydroxyl groups is 1. The van der Waals surface area contributed by atoms with E-state index in [1.54, 1.807) is 12.5 Å². The van der Waals surface area contributed by atoms with Crippen LogP contribution in [0.5, 0.6) is 0 Å². The van der Waals surface area contributed by atoms with Gasteiger partial charge in [-0.3, -0.25) is 9.89 Å². The zero-order chi connectivity index (χ0) is 35.8. The van der Waals surface area contributed by atoms with Crippen molar-refractivity contribution in [3.05, 3.63) is 77.0 Å². The number of piperidine rings is 3. The van der Waals surface area contributed by atoms with Gasteiger partial charge >= 0.3 is 6.03 Å². The second-order valence-corrected chi connectivity index (χ2v) is 15.2. The Hall–Kier alpha value is -4.75. The molecule has 3 amide bonds. The highest BCUT2D eigenvalue weighted by Crippen LogP contribution is 2.35. The number of anilines is 1. The molecular weight excluding hydrogens is 656 g/mol. The Labute approximate surface area is 304 Å². The quantitative estimate of drug-likeness (QED) is 0.225. The number of aromatic amines is 1. The maximum absolute atomic E-state index is 14.3. The van der Waals surface area contributed by atoms with Crippen LogP contribution in [-0.2, 0) is 18.3 Å². The summed E-state index contributed by atoms with van der Waals surface area (Å²) in [4.78, 5) is 34.6. The van der Waals surface area contributed by atoms with E-state index in [0.717, 1.165) is 96.3 Å². The van der Waals surface area contributed by atoms with Crippen molar-refractivity contribution in [3.63, 3.8) is 0 Å². The average Bonchev–Trinajstić information content (AvgIpc) is 3.83. The van der Waals surface area contributed by atoms with E-state index >= 15 is 0 Å². The zero-order valence-electron chi connectivity index (χ0n) is 30.2. The van der Waals surface area contributed by atoms with Crippen molar-refractivity contribution in [3.8, 4) is 0 Å². The van der Waals surface area contributed by atoms with Crippen molar-refractivity contribution in [1.82, 2.24) is 45.0 Å². The van der Waals surface area contributed by atoms with Crippen LogP contribution < -0.4 is 10.6 Å². The Morgan fingerprint density at radius 2 is 1.69 bits per heavy atom. The number of benzene rings is 2. The number of nitrogens with one attached hydrogen (secondary N) is 3. The smallest absolute Gasteiger partial charge is 0.318 e. The van der Waals surface area contributed by atoms with E-state index < -0.39 is 12.3 Å². The molecular formula is C39H50N10O3. The molecule has 3 saturated heterocycles. The van der Waals surface area contributed by atoms with E-state index in [9.17, 15) is 14.7 Å². The molecule has 3 fully saturated rings. The minimum atomic E-state index is -0.738. The Bertz CT molecular complexity index is 1930. The van der Waals surface area contributed by atoms with Gasteiger partial charge in [-0.1, -0.05) is 24.3 Å². The SMILES string of the molecule is Cc1cc(CC(NC(=O)N2CCC(C3=Cc4ccccc4NC3O)CC2)C(=O)N2CCC(N3CCC(c4nncn4C)CC3)CC2)cc2cn[nH]c12. The van der Waals surface area contributed by atoms with Crippen LogP contribution in [0.15, 0.2) is 54.5 Å². The number of urea groups is 1. The van der Waals surface area contributed by atoms with Gasteiger partial charge in [0.25, 0.3) is 0 Å². The third kappa shape index (κ3) is 7.03. The first-order valence-corrected chi connectivity index (χ1v) is 18.9. The number of aliphatic hydroxyl groups excluding tert-OH is 1. The molecule has 0 bridgehead atoms. The number of amides is 3. The Morgan fingerprint density at radius 3 is 2.44 bits per heavy atom. The maximum atomic E-state index is 14.3. The second kappa shape index (κ2) is 14.7. The number of nitrogens with zero attached hydrogens (tertiary/aromatic N) is 7. The fourth-order valence-corrected chi connectivity index (χ4v) is 8.96. The van der Waals surface area contributed by atoms with E-state index in [2.05, 4.69) is 54.1 Å². The molecule has 2 unspecified atom stereocenters. The molecule has 8 rings (SSSR count). The first kappa shape index (κ1) is 34.3. The van der Waals surface area contributed by atoms with Gasteiger partial charge in [-0.2, -0.15) is 5.10 Å². The monoisotopic (exact) mass is 706 g/mol. The minimum absolute atomic E-state index is 0.0205. The number of likely N-dealkylation sites (tertiary alicyclic amines) is 3. The molecule has 13 nitrogen and oxygen atoms in total. The summed E-state index contributed by atoms with van der Waals surface area (Å²) >= 11 is 0. The number of fused-ring (bicyclic) bond motifs is 2. The number of hydrogen-bond donors (Lipinski definition) is 4. The highest BCUT2D eigenvalue weighted by molar-refractivity contribution is 5.88. The normalized spacial score (nSPS) is 21.4. The van der Waals surface area contributed by atoms with E-state index in [1.807, 2.05) is 52.6 Å². The molecule has 4 aliphatic heterocycles. The van der Waals surface area contributed by atoms with Crippen LogP contribution in [0.3, 0.4) is 0 Å². The molecule has 274 valence electrons. The highest BCUT2D eigenvalue weighted by atomic mass is 16.3. The molecule has 0 aliphatic carbocycles. The summed E-state index contributed by atoms with van der Waals surface area (Å²) in [7, 11) is 2.02. The maximum Gasteiger partial charge on any atom is 0.318 e. The lowest BCUT2D eigenvalue weighted by Gasteiger charge is -2.42. The fraction of sp³-hybridized carbons (Fsp3) is 0.513. The summed E-state index contributed by atoms with van der Waals surface area (Å²) in [6.07, 6.45) is 10.8. The molecule has 2 aromatic heterocycles.